The van der Waals surface area contributed by atoms with Gasteiger partial charge in [-0.05, 0) is 31.5 Å². The molecule has 1 aliphatic heterocycles. The summed E-state index contributed by atoms with van der Waals surface area (Å²) in [7, 11) is 0. The third-order valence-corrected chi connectivity index (χ3v) is 4.93. The van der Waals surface area contributed by atoms with Crippen molar-refractivity contribution >= 4 is 5.91 Å². The van der Waals surface area contributed by atoms with Gasteiger partial charge >= 0.3 is 0 Å². The second-order valence-corrected chi connectivity index (χ2v) is 7.08. The molecule has 2 aromatic carbocycles. The second-order valence-electron chi connectivity index (χ2n) is 7.08. The summed E-state index contributed by atoms with van der Waals surface area (Å²) in [5.74, 6) is 0.660. The molecule has 1 aliphatic rings. The quantitative estimate of drug-likeness (QED) is 0.710. The van der Waals surface area contributed by atoms with Crippen LogP contribution in [-0.4, -0.2) is 26.6 Å². The summed E-state index contributed by atoms with van der Waals surface area (Å²) in [6.07, 6.45) is 0. The van der Waals surface area contributed by atoms with Crippen LogP contribution in [0.5, 0.6) is 5.88 Å². The highest BCUT2D eigenvalue weighted by molar-refractivity contribution is 5.94. The van der Waals surface area contributed by atoms with E-state index in [-0.39, 0.29) is 11.9 Å². The number of fused-ring (bicyclic) bond motifs is 1. The smallest absolute Gasteiger partial charge is 0.254 e. The van der Waals surface area contributed by atoms with Crippen molar-refractivity contribution in [2.75, 3.05) is 0 Å². The van der Waals surface area contributed by atoms with Crippen molar-refractivity contribution in [2.45, 2.75) is 39.6 Å². The molecule has 27 heavy (non-hydrogen) atoms. The molecule has 0 unspecified atom stereocenters. The Morgan fingerprint density at radius 2 is 1.89 bits per heavy atom. The normalized spacial score (nSPS) is 16.1. The standard InChI is InChI=1S/C22H23N3O2/c1-16-8-10-19(11-9-16)22(26)24-14-20-12-21(23-25(20)13-17(24)2)27-15-18-6-4-3-5-7-18/h3-12,17H,13-15H2,1-2H3/t17-/m1/s1. The summed E-state index contributed by atoms with van der Waals surface area (Å²) < 4.78 is 7.79. The minimum absolute atomic E-state index is 0.0571. The molecule has 1 amide bonds. The van der Waals surface area contributed by atoms with E-state index >= 15 is 0 Å². The van der Waals surface area contributed by atoms with Gasteiger partial charge < -0.3 is 9.64 Å². The predicted octanol–water partition coefficient (Wildman–Crippen LogP) is 3.82. The molecule has 0 saturated heterocycles. The number of aryl methyl sites for hydroxylation is 1. The minimum atomic E-state index is 0.0571. The molecule has 0 aliphatic carbocycles. The lowest BCUT2D eigenvalue weighted by atomic mass is 10.1. The van der Waals surface area contributed by atoms with Crippen molar-refractivity contribution in [1.82, 2.24) is 14.7 Å². The number of carbonyl (C=O) groups excluding carboxylic acids is 1. The Kier molecular flexibility index (Phi) is 4.67. The van der Waals surface area contributed by atoms with E-state index in [0.717, 1.165) is 22.4 Å². The van der Waals surface area contributed by atoms with Gasteiger partial charge in [0.05, 0.1) is 18.8 Å². The van der Waals surface area contributed by atoms with Crippen LogP contribution in [0, 0.1) is 6.92 Å². The number of benzene rings is 2. The summed E-state index contributed by atoms with van der Waals surface area (Å²) in [5, 5.41) is 4.55. The van der Waals surface area contributed by atoms with Gasteiger partial charge in [-0.2, -0.15) is 0 Å². The summed E-state index contributed by atoms with van der Waals surface area (Å²) in [4.78, 5) is 14.8. The molecule has 0 fully saturated rings. The van der Waals surface area contributed by atoms with Crippen LogP contribution in [0.4, 0.5) is 0 Å². The Morgan fingerprint density at radius 3 is 2.63 bits per heavy atom. The molecule has 5 nitrogen and oxygen atoms in total. The maximum Gasteiger partial charge on any atom is 0.254 e. The minimum Gasteiger partial charge on any atom is -0.472 e. The maximum absolute atomic E-state index is 12.9. The number of hydrogen-bond acceptors (Lipinski definition) is 3. The maximum atomic E-state index is 12.9. The summed E-state index contributed by atoms with van der Waals surface area (Å²) in [6, 6.07) is 19.8. The molecule has 1 aromatic heterocycles. The fourth-order valence-electron chi connectivity index (χ4n) is 3.33. The number of nitrogens with zero attached hydrogens (tertiary/aromatic N) is 3. The van der Waals surface area contributed by atoms with E-state index in [9.17, 15) is 4.79 Å². The molecule has 0 N–H and O–H groups in total. The first-order chi connectivity index (χ1) is 13.1. The molecule has 0 spiro atoms. The van der Waals surface area contributed by atoms with Crippen molar-refractivity contribution in [1.29, 1.82) is 0 Å². The first-order valence-corrected chi connectivity index (χ1v) is 9.21. The molecule has 3 aromatic rings. The SMILES string of the molecule is Cc1ccc(C(=O)N2Cc3cc(OCc4ccccc4)nn3C[C@H]2C)cc1. The van der Waals surface area contributed by atoms with E-state index in [0.29, 0.717) is 25.6 Å². The van der Waals surface area contributed by atoms with E-state index in [1.807, 2.05) is 77.2 Å². The Labute approximate surface area is 159 Å². The fraction of sp³-hybridized carbons (Fsp3) is 0.273. The van der Waals surface area contributed by atoms with Gasteiger partial charge in [-0.15, -0.1) is 5.10 Å². The van der Waals surface area contributed by atoms with Crippen LogP contribution in [0.25, 0.3) is 0 Å². The van der Waals surface area contributed by atoms with Crippen LogP contribution in [0.15, 0.2) is 60.7 Å². The summed E-state index contributed by atoms with van der Waals surface area (Å²) >= 11 is 0. The van der Waals surface area contributed by atoms with Gasteiger partial charge in [0, 0.05) is 17.7 Å². The monoisotopic (exact) mass is 361 g/mol. The van der Waals surface area contributed by atoms with Gasteiger partial charge in [0.25, 0.3) is 5.91 Å². The number of carbonyl (C=O) groups is 1. The Hall–Kier alpha value is -3.08. The van der Waals surface area contributed by atoms with Gasteiger partial charge in [0.15, 0.2) is 0 Å². The van der Waals surface area contributed by atoms with Crippen molar-refractivity contribution in [3.8, 4) is 5.88 Å². The van der Waals surface area contributed by atoms with Crippen LogP contribution >= 0.6 is 0 Å². The lowest BCUT2D eigenvalue weighted by Gasteiger charge is -2.33. The molecule has 0 saturated carbocycles. The van der Waals surface area contributed by atoms with E-state index in [1.165, 1.54) is 0 Å². The van der Waals surface area contributed by atoms with Crippen LogP contribution in [0.2, 0.25) is 0 Å². The Balaban J connectivity index is 1.47. The van der Waals surface area contributed by atoms with E-state index in [2.05, 4.69) is 12.0 Å². The Morgan fingerprint density at radius 1 is 1.15 bits per heavy atom. The fourth-order valence-corrected chi connectivity index (χ4v) is 3.33. The van der Waals surface area contributed by atoms with Crippen LogP contribution < -0.4 is 4.74 Å². The number of hydrogen-bond donors (Lipinski definition) is 0. The number of aromatic nitrogens is 2. The predicted molar refractivity (Wildman–Crippen MR) is 104 cm³/mol. The molecule has 4 rings (SSSR count). The van der Waals surface area contributed by atoms with Crippen molar-refractivity contribution in [3.05, 3.63) is 83.0 Å². The molecule has 5 heteroatoms. The molecular formula is C22H23N3O2. The lowest BCUT2D eigenvalue weighted by molar-refractivity contribution is 0.0606. The number of amides is 1. The van der Waals surface area contributed by atoms with Crippen LogP contribution in [0.3, 0.4) is 0 Å². The third kappa shape index (κ3) is 3.72. The van der Waals surface area contributed by atoms with E-state index in [4.69, 9.17) is 4.74 Å². The highest BCUT2D eigenvalue weighted by atomic mass is 16.5. The van der Waals surface area contributed by atoms with Crippen molar-refractivity contribution in [3.63, 3.8) is 0 Å². The van der Waals surface area contributed by atoms with Gasteiger partial charge in [-0.1, -0.05) is 48.0 Å². The van der Waals surface area contributed by atoms with Gasteiger partial charge in [0.1, 0.15) is 6.61 Å². The molecule has 138 valence electrons. The number of ether oxygens (including phenoxy) is 1. The zero-order chi connectivity index (χ0) is 18.8. The Bertz CT molecular complexity index is 932. The topological polar surface area (TPSA) is 47.4 Å². The number of rotatable bonds is 4. The van der Waals surface area contributed by atoms with Crippen molar-refractivity contribution in [2.24, 2.45) is 0 Å². The highest BCUT2D eigenvalue weighted by Crippen LogP contribution is 2.24. The van der Waals surface area contributed by atoms with Crippen molar-refractivity contribution < 1.29 is 9.53 Å². The summed E-state index contributed by atoms with van der Waals surface area (Å²) in [6.45, 7) is 5.77. The zero-order valence-corrected chi connectivity index (χ0v) is 15.6. The van der Waals surface area contributed by atoms with E-state index < -0.39 is 0 Å². The molecule has 0 radical (unpaired) electrons. The van der Waals surface area contributed by atoms with Crippen LogP contribution in [0.1, 0.15) is 34.1 Å². The van der Waals surface area contributed by atoms with E-state index in [1.54, 1.807) is 0 Å². The third-order valence-electron chi connectivity index (χ3n) is 4.93. The van der Waals surface area contributed by atoms with Gasteiger partial charge in [0.2, 0.25) is 5.88 Å². The second kappa shape index (κ2) is 7.27. The van der Waals surface area contributed by atoms with Gasteiger partial charge in [-0.3, -0.25) is 9.48 Å². The average molecular weight is 361 g/mol. The largest absolute Gasteiger partial charge is 0.472 e. The molecule has 0 bridgehead atoms. The zero-order valence-electron chi connectivity index (χ0n) is 15.6. The first kappa shape index (κ1) is 17.3. The lowest BCUT2D eigenvalue weighted by Crippen LogP contribution is -2.44. The molecule has 1 atom stereocenters. The highest BCUT2D eigenvalue weighted by Gasteiger charge is 2.29. The van der Waals surface area contributed by atoms with Crippen LogP contribution in [-0.2, 0) is 19.7 Å². The summed E-state index contributed by atoms with van der Waals surface area (Å²) in [5.41, 5.74) is 3.97. The van der Waals surface area contributed by atoms with Gasteiger partial charge in [-0.25, -0.2) is 0 Å². The molecule has 2 heterocycles. The molecular weight excluding hydrogens is 338 g/mol. The average Bonchev–Trinajstić information content (AvgIpc) is 3.08. The first-order valence-electron chi connectivity index (χ1n) is 9.21.